The predicted octanol–water partition coefficient (Wildman–Crippen LogP) is 5.07. The fraction of sp³-hybridized carbons (Fsp3) is 0.125. The summed E-state index contributed by atoms with van der Waals surface area (Å²) in [7, 11) is 0. The smallest absolute Gasteiger partial charge is 0.250 e. The van der Waals surface area contributed by atoms with Crippen LogP contribution < -0.4 is 5.32 Å². The van der Waals surface area contributed by atoms with E-state index >= 15 is 0 Å². The lowest BCUT2D eigenvalue weighted by Crippen LogP contribution is -2.11. The van der Waals surface area contributed by atoms with Gasteiger partial charge in [0, 0.05) is 11.9 Å². The molecule has 2 aromatic carbocycles. The number of hydrogen-bond donors (Lipinski definition) is 1. The molecule has 0 atom stereocenters. The Morgan fingerprint density at radius 3 is 2.27 bits per heavy atom. The SMILES string of the molecule is ClC(Cl)(Cl)c1nc(NCc2ccccc2)c2ccccc2n1. The number of rotatable bonds is 3. The van der Waals surface area contributed by atoms with E-state index < -0.39 is 3.79 Å². The lowest BCUT2D eigenvalue weighted by molar-refractivity contribution is 0.983. The minimum absolute atomic E-state index is 0.159. The summed E-state index contributed by atoms with van der Waals surface area (Å²) in [6.45, 7) is 0.626. The normalized spacial score (nSPS) is 11.6. The predicted molar refractivity (Wildman–Crippen MR) is 92.5 cm³/mol. The van der Waals surface area contributed by atoms with Crippen LogP contribution in [0, 0.1) is 0 Å². The fourth-order valence-corrected chi connectivity index (χ4v) is 2.37. The van der Waals surface area contributed by atoms with Gasteiger partial charge in [-0.2, -0.15) is 0 Å². The summed E-state index contributed by atoms with van der Waals surface area (Å²) in [6.07, 6.45) is 0. The van der Waals surface area contributed by atoms with Crippen molar-refractivity contribution in [2.24, 2.45) is 0 Å². The molecule has 0 saturated heterocycles. The topological polar surface area (TPSA) is 37.8 Å². The van der Waals surface area contributed by atoms with Gasteiger partial charge >= 0.3 is 0 Å². The molecular weight excluding hydrogens is 341 g/mol. The third-order valence-corrected chi connectivity index (χ3v) is 3.67. The molecule has 0 aliphatic carbocycles. The second-order valence-corrected chi connectivity index (χ2v) is 7.03. The number of nitrogens with zero attached hydrogens (tertiary/aromatic N) is 2. The van der Waals surface area contributed by atoms with Crippen LogP contribution in [0.15, 0.2) is 54.6 Å². The van der Waals surface area contributed by atoms with Crippen LogP contribution in [0.4, 0.5) is 5.82 Å². The van der Waals surface area contributed by atoms with E-state index in [-0.39, 0.29) is 5.82 Å². The summed E-state index contributed by atoms with van der Waals surface area (Å²) < 4.78 is -1.66. The molecule has 0 aliphatic heterocycles. The van der Waals surface area contributed by atoms with Crippen molar-refractivity contribution >= 4 is 51.5 Å². The number of hydrogen-bond acceptors (Lipinski definition) is 3. The first-order valence-corrected chi connectivity index (χ1v) is 7.79. The highest BCUT2D eigenvalue weighted by Gasteiger charge is 2.27. The molecule has 0 amide bonds. The van der Waals surface area contributed by atoms with Crippen molar-refractivity contribution in [3.63, 3.8) is 0 Å². The fourth-order valence-electron chi connectivity index (χ4n) is 2.12. The molecule has 3 rings (SSSR count). The van der Waals surface area contributed by atoms with E-state index in [1.165, 1.54) is 0 Å². The van der Waals surface area contributed by atoms with Gasteiger partial charge in [-0.1, -0.05) is 77.3 Å². The lowest BCUT2D eigenvalue weighted by Gasteiger charge is -2.14. The van der Waals surface area contributed by atoms with Crippen LogP contribution in [0.5, 0.6) is 0 Å². The summed E-state index contributed by atoms with van der Waals surface area (Å²) in [5.41, 5.74) is 1.87. The van der Waals surface area contributed by atoms with Crippen LogP contribution in [0.25, 0.3) is 10.9 Å². The van der Waals surface area contributed by atoms with Gasteiger partial charge in [0.25, 0.3) is 0 Å². The highest BCUT2D eigenvalue weighted by molar-refractivity contribution is 6.66. The first-order valence-electron chi connectivity index (χ1n) is 6.66. The summed E-state index contributed by atoms with van der Waals surface area (Å²) >= 11 is 17.8. The standard InChI is InChI=1S/C16H12Cl3N3/c17-16(18,19)15-21-13-9-5-4-8-12(13)14(22-15)20-10-11-6-2-1-3-7-11/h1-9H,10H2,(H,20,21,22). The van der Waals surface area contributed by atoms with Gasteiger partial charge in [0.2, 0.25) is 3.79 Å². The van der Waals surface area contributed by atoms with Crippen molar-refractivity contribution in [2.75, 3.05) is 5.32 Å². The Hall–Kier alpha value is -1.55. The maximum absolute atomic E-state index is 5.93. The Balaban J connectivity index is 1.99. The maximum Gasteiger partial charge on any atom is 0.250 e. The van der Waals surface area contributed by atoms with E-state index in [0.29, 0.717) is 12.4 Å². The van der Waals surface area contributed by atoms with Crippen molar-refractivity contribution in [3.8, 4) is 0 Å². The number of halogens is 3. The molecule has 22 heavy (non-hydrogen) atoms. The molecule has 1 aromatic heterocycles. The number of alkyl halides is 3. The van der Waals surface area contributed by atoms with Crippen molar-refractivity contribution < 1.29 is 0 Å². The van der Waals surface area contributed by atoms with Crippen molar-refractivity contribution in [3.05, 3.63) is 66.0 Å². The molecule has 3 aromatic rings. The van der Waals surface area contributed by atoms with E-state index in [9.17, 15) is 0 Å². The Morgan fingerprint density at radius 1 is 0.864 bits per heavy atom. The first-order chi connectivity index (χ1) is 10.5. The molecule has 0 radical (unpaired) electrons. The number of para-hydroxylation sites is 1. The highest BCUT2D eigenvalue weighted by Crippen LogP contribution is 2.37. The molecule has 1 N–H and O–H groups in total. The zero-order valence-electron chi connectivity index (χ0n) is 11.4. The molecule has 1 heterocycles. The zero-order valence-corrected chi connectivity index (χ0v) is 13.7. The second kappa shape index (κ2) is 6.29. The quantitative estimate of drug-likeness (QED) is 0.669. The molecule has 3 nitrogen and oxygen atoms in total. The largest absolute Gasteiger partial charge is 0.365 e. The average Bonchev–Trinajstić information content (AvgIpc) is 2.52. The maximum atomic E-state index is 5.93. The molecular formula is C16H12Cl3N3. The molecule has 0 spiro atoms. The zero-order chi connectivity index (χ0) is 15.6. The van der Waals surface area contributed by atoms with Gasteiger partial charge in [0.1, 0.15) is 5.82 Å². The third kappa shape index (κ3) is 3.43. The monoisotopic (exact) mass is 351 g/mol. The number of benzene rings is 2. The van der Waals surface area contributed by atoms with Gasteiger partial charge in [0.15, 0.2) is 5.82 Å². The molecule has 0 saturated carbocycles. The number of nitrogens with one attached hydrogen (secondary N) is 1. The van der Waals surface area contributed by atoms with Gasteiger partial charge < -0.3 is 5.32 Å². The number of fused-ring (bicyclic) bond motifs is 1. The molecule has 0 fully saturated rings. The average molecular weight is 353 g/mol. The van der Waals surface area contributed by atoms with Gasteiger partial charge in [0.05, 0.1) is 5.52 Å². The summed E-state index contributed by atoms with van der Waals surface area (Å²) in [5.74, 6) is 0.808. The van der Waals surface area contributed by atoms with E-state index in [1.54, 1.807) is 0 Å². The van der Waals surface area contributed by atoms with Crippen LogP contribution in [-0.2, 0) is 10.3 Å². The van der Waals surface area contributed by atoms with Crippen molar-refractivity contribution in [1.29, 1.82) is 0 Å². The van der Waals surface area contributed by atoms with Crippen LogP contribution in [-0.4, -0.2) is 9.97 Å². The van der Waals surface area contributed by atoms with Gasteiger partial charge in [-0.25, -0.2) is 9.97 Å². The first kappa shape index (κ1) is 15.3. The minimum Gasteiger partial charge on any atom is -0.365 e. The second-order valence-electron chi connectivity index (χ2n) is 4.75. The molecule has 6 heteroatoms. The Morgan fingerprint density at radius 2 is 1.55 bits per heavy atom. The Bertz CT molecular complexity index is 785. The molecule has 0 aliphatic rings. The Labute approximate surface area is 143 Å². The highest BCUT2D eigenvalue weighted by atomic mass is 35.6. The van der Waals surface area contributed by atoms with Gasteiger partial charge in [-0.3, -0.25) is 0 Å². The molecule has 0 bridgehead atoms. The lowest BCUT2D eigenvalue weighted by atomic mass is 10.2. The van der Waals surface area contributed by atoms with Crippen LogP contribution in [0.3, 0.4) is 0 Å². The number of aromatic nitrogens is 2. The summed E-state index contributed by atoms with van der Waals surface area (Å²) in [4.78, 5) is 8.68. The molecule has 112 valence electrons. The van der Waals surface area contributed by atoms with Gasteiger partial charge in [-0.05, 0) is 17.7 Å². The summed E-state index contributed by atoms with van der Waals surface area (Å²) in [6, 6.07) is 17.6. The van der Waals surface area contributed by atoms with Crippen molar-refractivity contribution in [1.82, 2.24) is 9.97 Å². The van der Waals surface area contributed by atoms with Crippen molar-refractivity contribution in [2.45, 2.75) is 10.3 Å². The van der Waals surface area contributed by atoms with Crippen LogP contribution >= 0.6 is 34.8 Å². The van der Waals surface area contributed by atoms with E-state index in [1.807, 2.05) is 54.6 Å². The van der Waals surface area contributed by atoms with E-state index in [4.69, 9.17) is 34.8 Å². The van der Waals surface area contributed by atoms with E-state index in [2.05, 4.69) is 15.3 Å². The minimum atomic E-state index is -1.66. The van der Waals surface area contributed by atoms with Gasteiger partial charge in [-0.15, -0.1) is 0 Å². The summed E-state index contributed by atoms with van der Waals surface area (Å²) in [5, 5.41) is 4.17. The number of anilines is 1. The van der Waals surface area contributed by atoms with Crippen LogP contribution in [0.2, 0.25) is 0 Å². The van der Waals surface area contributed by atoms with Crippen LogP contribution in [0.1, 0.15) is 11.4 Å². The third-order valence-electron chi connectivity index (χ3n) is 3.16. The molecule has 0 unspecified atom stereocenters. The Kier molecular flexibility index (Phi) is 4.39. The van der Waals surface area contributed by atoms with E-state index in [0.717, 1.165) is 16.5 Å².